The first kappa shape index (κ1) is 64.0. The zero-order valence-corrected chi connectivity index (χ0v) is 43.8. The number of allylic oxidation sites excluding steroid dienone is 8. The summed E-state index contributed by atoms with van der Waals surface area (Å²) in [5, 5.41) is 0. The van der Waals surface area contributed by atoms with Crippen molar-refractivity contribution in [2.75, 3.05) is 26.4 Å². The minimum atomic E-state index is -4.39. The summed E-state index contributed by atoms with van der Waals surface area (Å²) < 4.78 is 32.9. The average molecular weight is 950 g/mol. The molecule has 0 heterocycles. The number of nitrogens with two attached hydrogens (primary N) is 1. The minimum Gasteiger partial charge on any atom is -0.462 e. The van der Waals surface area contributed by atoms with Gasteiger partial charge in [-0.05, 0) is 51.4 Å². The third kappa shape index (κ3) is 51.4. The third-order valence-electron chi connectivity index (χ3n) is 12.0. The normalized spacial score (nSPS) is 13.5. The topological polar surface area (TPSA) is 134 Å². The van der Waals surface area contributed by atoms with Gasteiger partial charge in [0, 0.05) is 19.4 Å². The van der Waals surface area contributed by atoms with Crippen LogP contribution < -0.4 is 5.73 Å². The molecule has 0 aliphatic rings. The molecule has 3 N–H and O–H groups in total. The summed E-state index contributed by atoms with van der Waals surface area (Å²) in [6.45, 7) is 3.63. The Kier molecular flexibility index (Phi) is 50.7. The van der Waals surface area contributed by atoms with Crippen molar-refractivity contribution in [1.29, 1.82) is 0 Å². The van der Waals surface area contributed by atoms with Crippen LogP contribution in [-0.4, -0.2) is 49.3 Å². The van der Waals surface area contributed by atoms with E-state index in [1.54, 1.807) is 0 Å². The van der Waals surface area contributed by atoms with Crippen molar-refractivity contribution < 1.29 is 37.6 Å². The maximum Gasteiger partial charge on any atom is 0.472 e. The highest BCUT2D eigenvalue weighted by Gasteiger charge is 2.26. The molecule has 0 saturated heterocycles. The van der Waals surface area contributed by atoms with Crippen LogP contribution in [0.4, 0.5) is 0 Å². The van der Waals surface area contributed by atoms with E-state index >= 15 is 0 Å². The van der Waals surface area contributed by atoms with Crippen molar-refractivity contribution in [1.82, 2.24) is 0 Å². The smallest absolute Gasteiger partial charge is 0.462 e. The van der Waals surface area contributed by atoms with E-state index in [0.717, 1.165) is 70.6 Å². The van der Waals surface area contributed by atoms with Gasteiger partial charge in [-0.2, -0.15) is 0 Å². The number of rotatable bonds is 52. The molecule has 0 aromatic carbocycles. The Balaban J connectivity index is 3.93. The predicted molar refractivity (Wildman–Crippen MR) is 280 cm³/mol. The monoisotopic (exact) mass is 950 g/mol. The Bertz CT molecular complexity index is 1220. The molecule has 0 spiro atoms. The van der Waals surface area contributed by atoms with E-state index in [2.05, 4.69) is 62.5 Å². The molecule has 10 heteroatoms. The van der Waals surface area contributed by atoms with Crippen LogP contribution >= 0.6 is 7.82 Å². The molecule has 0 amide bonds. The maximum atomic E-state index is 12.6. The van der Waals surface area contributed by atoms with E-state index in [0.29, 0.717) is 6.42 Å². The van der Waals surface area contributed by atoms with Crippen LogP contribution in [0.2, 0.25) is 0 Å². The van der Waals surface area contributed by atoms with Gasteiger partial charge in [0.1, 0.15) is 6.61 Å². The van der Waals surface area contributed by atoms with E-state index in [9.17, 15) is 19.0 Å². The highest BCUT2D eigenvalue weighted by atomic mass is 31.2. The van der Waals surface area contributed by atoms with E-state index in [1.165, 1.54) is 161 Å². The fraction of sp³-hybridized carbons (Fsp3) is 0.821. The third-order valence-corrected chi connectivity index (χ3v) is 13.0. The van der Waals surface area contributed by atoms with E-state index in [-0.39, 0.29) is 38.6 Å². The van der Waals surface area contributed by atoms with Crippen molar-refractivity contribution in [3.8, 4) is 0 Å². The molecule has 66 heavy (non-hydrogen) atoms. The first-order chi connectivity index (χ1) is 32.3. The predicted octanol–water partition coefficient (Wildman–Crippen LogP) is 17.0. The van der Waals surface area contributed by atoms with Crippen LogP contribution in [0.15, 0.2) is 48.6 Å². The Labute approximate surface area is 407 Å². The summed E-state index contributed by atoms with van der Waals surface area (Å²) in [5.41, 5.74) is 5.37. The standard InChI is InChI=1S/C56H104NO8P/c1-3-5-7-9-11-13-15-17-19-21-22-23-24-25-26-27-28-29-30-31-33-34-36-38-40-42-44-46-48-55(58)62-52-54(53-64-66(60,61)63-51-50-57)65-56(59)49-47-45-43-41-39-37-35-32-20-18-16-14-12-10-8-6-4-2/h6,8,12,14,18,20,35,37,54H,3-5,7,9-11,13,15-17,19,21-34,36,38-53,57H2,1-2H3,(H,60,61)/b8-6-,14-12-,20-18-,37-35-. The summed E-state index contributed by atoms with van der Waals surface area (Å²) >= 11 is 0. The largest absolute Gasteiger partial charge is 0.472 e. The van der Waals surface area contributed by atoms with Crippen molar-refractivity contribution in [2.24, 2.45) is 5.73 Å². The van der Waals surface area contributed by atoms with Crippen molar-refractivity contribution in [3.05, 3.63) is 48.6 Å². The Morgan fingerprint density at radius 1 is 0.470 bits per heavy atom. The van der Waals surface area contributed by atoms with Gasteiger partial charge in [-0.1, -0.05) is 249 Å². The molecule has 386 valence electrons. The van der Waals surface area contributed by atoms with Gasteiger partial charge in [0.2, 0.25) is 0 Å². The first-order valence-corrected chi connectivity index (χ1v) is 29.1. The number of esters is 2. The molecule has 0 aromatic rings. The molecule has 0 radical (unpaired) electrons. The number of carbonyl (C=O) groups is 2. The second-order valence-electron chi connectivity index (χ2n) is 18.4. The molecular formula is C56H104NO8P. The van der Waals surface area contributed by atoms with Crippen LogP contribution in [0.5, 0.6) is 0 Å². The Morgan fingerprint density at radius 2 is 0.833 bits per heavy atom. The average Bonchev–Trinajstić information content (AvgIpc) is 3.31. The Hall–Kier alpha value is -2.03. The van der Waals surface area contributed by atoms with Gasteiger partial charge in [0.25, 0.3) is 0 Å². The lowest BCUT2D eigenvalue weighted by molar-refractivity contribution is -0.161. The number of phosphoric ester groups is 1. The fourth-order valence-corrected chi connectivity index (χ4v) is 8.69. The maximum absolute atomic E-state index is 12.6. The summed E-state index contributed by atoms with van der Waals surface area (Å²) in [5.74, 6) is -0.847. The summed E-state index contributed by atoms with van der Waals surface area (Å²) in [6, 6.07) is 0. The lowest BCUT2D eigenvalue weighted by Gasteiger charge is -2.19. The molecule has 0 rings (SSSR count). The summed E-state index contributed by atoms with van der Waals surface area (Å²) in [7, 11) is -4.39. The van der Waals surface area contributed by atoms with Crippen molar-refractivity contribution >= 4 is 19.8 Å². The van der Waals surface area contributed by atoms with E-state index in [4.69, 9.17) is 24.3 Å². The number of hydrogen-bond donors (Lipinski definition) is 2. The molecule has 0 aliphatic carbocycles. The molecule has 0 fully saturated rings. The van der Waals surface area contributed by atoms with Crippen LogP contribution in [-0.2, 0) is 32.7 Å². The number of ether oxygens (including phenoxy) is 2. The van der Waals surface area contributed by atoms with Gasteiger partial charge in [-0.15, -0.1) is 0 Å². The van der Waals surface area contributed by atoms with Crippen LogP contribution in [0.3, 0.4) is 0 Å². The van der Waals surface area contributed by atoms with Crippen LogP contribution in [0, 0.1) is 0 Å². The molecule has 9 nitrogen and oxygen atoms in total. The number of carbonyl (C=O) groups excluding carboxylic acids is 2. The van der Waals surface area contributed by atoms with Gasteiger partial charge in [-0.3, -0.25) is 18.6 Å². The van der Waals surface area contributed by atoms with Crippen LogP contribution in [0.25, 0.3) is 0 Å². The highest BCUT2D eigenvalue weighted by Crippen LogP contribution is 2.43. The second kappa shape index (κ2) is 52.3. The van der Waals surface area contributed by atoms with Gasteiger partial charge in [0.05, 0.1) is 13.2 Å². The molecule has 0 aliphatic heterocycles. The van der Waals surface area contributed by atoms with Gasteiger partial charge >= 0.3 is 19.8 Å². The van der Waals surface area contributed by atoms with E-state index in [1.807, 2.05) is 0 Å². The molecule has 0 aromatic heterocycles. The number of unbranched alkanes of at least 4 members (excludes halogenated alkanes) is 31. The Morgan fingerprint density at radius 3 is 1.24 bits per heavy atom. The molecule has 0 saturated carbocycles. The van der Waals surface area contributed by atoms with Crippen molar-refractivity contribution in [2.45, 2.75) is 270 Å². The zero-order valence-electron chi connectivity index (χ0n) is 42.9. The van der Waals surface area contributed by atoms with Gasteiger partial charge in [-0.25, -0.2) is 4.57 Å². The number of hydrogen-bond acceptors (Lipinski definition) is 8. The zero-order chi connectivity index (χ0) is 48.1. The second-order valence-corrected chi connectivity index (χ2v) is 19.9. The quantitative estimate of drug-likeness (QED) is 0.0264. The number of phosphoric acid groups is 1. The molecule has 2 unspecified atom stereocenters. The van der Waals surface area contributed by atoms with Gasteiger partial charge in [0.15, 0.2) is 6.10 Å². The molecular weight excluding hydrogens is 846 g/mol. The van der Waals surface area contributed by atoms with Gasteiger partial charge < -0.3 is 20.1 Å². The lowest BCUT2D eigenvalue weighted by Crippen LogP contribution is -2.29. The molecule has 0 bridgehead atoms. The minimum absolute atomic E-state index is 0.0487. The van der Waals surface area contributed by atoms with Crippen LogP contribution in [0.1, 0.15) is 264 Å². The van der Waals surface area contributed by atoms with E-state index < -0.39 is 26.5 Å². The highest BCUT2D eigenvalue weighted by molar-refractivity contribution is 7.47. The summed E-state index contributed by atoms with van der Waals surface area (Å²) in [4.78, 5) is 35.1. The molecule has 2 atom stereocenters. The summed E-state index contributed by atoms with van der Waals surface area (Å²) in [6.07, 6.45) is 63.2. The SMILES string of the molecule is CC/C=C\C/C=C\C/C=C\C/C=C\CCCCCCC(=O)OC(COC(=O)CCCCCCCCCCCCCCCCCCCCCCCCCCCCCC)COP(=O)(O)OCCN. The fourth-order valence-electron chi connectivity index (χ4n) is 7.92. The first-order valence-electron chi connectivity index (χ1n) is 27.6. The van der Waals surface area contributed by atoms with Crippen molar-refractivity contribution in [3.63, 3.8) is 0 Å². The lowest BCUT2D eigenvalue weighted by atomic mass is 10.0.